The number of nitrogens with zero attached hydrogens (tertiary/aromatic N) is 3. The monoisotopic (exact) mass is 303 g/mol. The number of halogens is 1. The fourth-order valence-corrected chi connectivity index (χ4v) is 2.90. The van der Waals surface area contributed by atoms with Gasteiger partial charge in [0.25, 0.3) is 5.91 Å². The van der Waals surface area contributed by atoms with Crippen LogP contribution in [-0.4, -0.2) is 60.9 Å². The normalized spacial score (nSPS) is 17.5. The SMILES string of the molecule is CS(=O)(=O)N1CCN(C(=O)c2cccc(Cl)n2)CC1. The second-order valence-electron chi connectivity index (χ2n) is 4.30. The molecule has 0 spiro atoms. The lowest BCUT2D eigenvalue weighted by Crippen LogP contribution is -2.50. The van der Waals surface area contributed by atoms with E-state index in [1.807, 2.05) is 0 Å². The van der Waals surface area contributed by atoms with Crippen molar-refractivity contribution >= 4 is 27.5 Å². The molecular formula is C11H14ClN3O3S. The Morgan fingerprint density at radius 2 is 1.89 bits per heavy atom. The Bertz CT molecular complexity index is 583. The van der Waals surface area contributed by atoms with Gasteiger partial charge < -0.3 is 4.90 Å². The highest BCUT2D eigenvalue weighted by molar-refractivity contribution is 7.88. The molecule has 1 aromatic rings. The number of carbonyl (C=O) groups is 1. The minimum absolute atomic E-state index is 0.226. The number of sulfonamides is 1. The summed E-state index contributed by atoms with van der Waals surface area (Å²) in [6.45, 7) is 1.34. The summed E-state index contributed by atoms with van der Waals surface area (Å²) in [5.41, 5.74) is 0.278. The Hall–Kier alpha value is -1.18. The molecule has 0 radical (unpaired) electrons. The molecule has 104 valence electrons. The fourth-order valence-electron chi connectivity index (χ4n) is 1.91. The molecule has 0 aromatic carbocycles. The Morgan fingerprint density at radius 3 is 2.42 bits per heavy atom. The first-order valence-corrected chi connectivity index (χ1v) is 7.97. The summed E-state index contributed by atoms with van der Waals surface area (Å²) in [4.78, 5) is 17.7. The van der Waals surface area contributed by atoms with E-state index in [4.69, 9.17) is 11.6 Å². The number of rotatable bonds is 2. The van der Waals surface area contributed by atoms with Gasteiger partial charge in [0.05, 0.1) is 6.26 Å². The second kappa shape index (κ2) is 5.44. The van der Waals surface area contributed by atoms with Gasteiger partial charge in [-0.25, -0.2) is 13.4 Å². The summed E-state index contributed by atoms with van der Waals surface area (Å²) < 4.78 is 24.1. The molecule has 1 aliphatic rings. The molecule has 1 fully saturated rings. The van der Waals surface area contributed by atoms with Crippen molar-refractivity contribution in [3.63, 3.8) is 0 Å². The Kier molecular flexibility index (Phi) is 4.07. The van der Waals surface area contributed by atoms with Gasteiger partial charge >= 0.3 is 0 Å². The standard InChI is InChI=1S/C11H14ClN3O3S/c1-19(17,18)15-7-5-14(6-8-15)11(16)9-3-2-4-10(12)13-9/h2-4H,5-8H2,1H3. The number of aromatic nitrogens is 1. The van der Waals surface area contributed by atoms with Crippen molar-refractivity contribution in [2.45, 2.75) is 0 Å². The van der Waals surface area contributed by atoms with Gasteiger partial charge in [-0.3, -0.25) is 4.79 Å². The van der Waals surface area contributed by atoms with Gasteiger partial charge in [-0.2, -0.15) is 4.31 Å². The summed E-state index contributed by atoms with van der Waals surface area (Å²) in [5, 5.41) is 0.264. The zero-order valence-electron chi connectivity index (χ0n) is 10.4. The smallest absolute Gasteiger partial charge is 0.272 e. The summed E-state index contributed by atoms with van der Waals surface area (Å²) in [6.07, 6.45) is 1.17. The molecule has 2 rings (SSSR count). The molecule has 1 aromatic heterocycles. The molecule has 0 unspecified atom stereocenters. The van der Waals surface area contributed by atoms with E-state index in [1.54, 1.807) is 23.1 Å². The average Bonchev–Trinajstić information content (AvgIpc) is 2.37. The third kappa shape index (κ3) is 3.43. The molecule has 8 heteroatoms. The van der Waals surface area contributed by atoms with Gasteiger partial charge in [0.15, 0.2) is 0 Å². The lowest BCUT2D eigenvalue weighted by Gasteiger charge is -2.33. The van der Waals surface area contributed by atoms with Gasteiger partial charge in [0.2, 0.25) is 10.0 Å². The summed E-state index contributed by atoms with van der Waals surface area (Å²) >= 11 is 5.74. The first-order chi connectivity index (χ1) is 8.88. The second-order valence-corrected chi connectivity index (χ2v) is 6.67. The summed E-state index contributed by atoms with van der Waals surface area (Å²) in [7, 11) is -3.19. The maximum Gasteiger partial charge on any atom is 0.272 e. The highest BCUT2D eigenvalue weighted by atomic mass is 35.5. The van der Waals surface area contributed by atoms with E-state index in [2.05, 4.69) is 4.98 Å². The Balaban J connectivity index is 2.04. The van der Waals surface area contributed by atoms with Crippen LogP contribution >= 0.6 is 11.6 Å². The molecule has 19 heavy (non-hydrogen) atoms. The predicted octanol–water partition coefficient (Wildman–Crippen LogP) is 0.452. The van der Waals surface area contributed by atoms with E-state index < -0.39 is 10.0 Å². The number of amides is 1. The number of piperazine rings is 1. The molecule has 1 saturated heterocycles. The fraction of sp³-hybridized carbons (Fsp3) is 0.455. The molecule has 1 aliphatic heterocycles. The maximum absolute atomic E-state index is 12.1. The van der Waals surface area contributed by atoms with Crippen molar-refractivity contribution in [3.05, 3.63) is 29.0 Å². The molecule has 0 N–H and O–H groups in total. The number of carbonyl (C=O) groups excluding carboxylic acids is 1. The third-order valence-electron chi connectivity index (χ3n) is 2.93. The third-order valence-corrected chi connectivity index (χ3v) is 4.44. The molecule has 1 amide bonds. The van der Waals surface area contributed by atoms with E-state index in [-0.39, 0.29) is 16.8 Å². The van der Waals surface area contributed by atoms with Crippen LogP contribution in [0.15, 0.2) is 18.2 Å². The zero-order valence-corrected chi connectivity index (χ0v) is 12.0. The Morgan fingerprint density at radius 1 is 1.26 bits per heavy atom. The first-order valence-electron chi connectivity index (χ1n) is 5.75. The summed E-state index contributed by atoms with van der Waals surface area (Å²) in [6, 6.07) is 4.85. The minimum Gasteiger partial charge on any atom is -0.335 e. The molecular weight excluding hydrogens is 290 g/mol. The van der Waals surface area contributed by atoms with Crippen molar-refractivity contribution < 1.29 is 13.2 Å². The lowest BCUT2D eigenvalue weighted by molar-refractivity contribution is 0.0692. The van der Waals surface area contributed by atoms with Crippen molar-refractivity contribution in [2.24, 2.45) is 0 Å². The van der Waals surface area contributed by atoms with Crippen LogP contribution in [0.4, 0.5) is 0 Å². The van der Waals surface area contributed by atoms with Crippen LogP contribution in [0.5, 0.6) is 0 Å². The van der Waals surface area contributed by atoms with E-state index in [9.17, 15) is 13.2 Å². The highest BCUT2D eigenvalue weighted by Crippen LogP contribution is 2.11. The van der Waals surface area contributed by atoms with E-state index in [0.29, 0.717) is 26.2 Å². The van der Waals surface area contributed by atoms with Gasteiger partial charge in [0.1, 0.15) is 10.8 Å². The zero-order chi connectivity index (χ0) is 14.0. The van der Waals surface area contributed by atoms with Crippen molar-refractivity contribution in [1.29, 1.82) is 0 Å². The minimum atomic E-state index is -3.19. The molecule has 0 saturated carbocycles. The molecule has 0 bridgehead atoms. The van der Waals surface area contributed by atoms with Gasteiger partial charge in [-0.15, -0.1) is 0 Å². The van der Waals surface area contributed by atoms with Crippen molar-refractivity contribution in [2.75, 3.05) is 32.4 Å². The van der Waals surface area contributed by atoms with Gasteiger partial charge in [-0.1, -0.05) is 17.7 Å². The maximum atomic E-state index is 12.1. The molecule has 0 atom stereocenters. The number of hydrogen-bond acceptors (Lipinski definition) is 4. The van der Waals surface area contributed by atoms with Crippen molar-refractivity contribution in [3.8, 4) is 0 Å². The van der Waals surface area contributed by atoms with Crippen LogP contribution in [-0.2, 0) is 10.0 Å². The van der Waals surface area contributed by atoms with Crippen LogP contribution in [0.1, 0.15) is 10.5 Å². The van der Waals surface area contributed by atoms with Crippen LogP contribution in [0.2, 0.25) is 5.15 Å². The van der Waals surface area contributed by atoms with Crippen molar-refractivity contribution in [1.82, 2.24) is 14.2 Å². The number of hydrogen-bond donors (Lipinski definition) is 0. The van der Waals surface area contributed by atoms with E-state index in [0.717, 1.165) is 0 Å². The van der Waals surface area contributed by atoms with Crippen LogP contribution < -0.4 is 0 Å². The lowest BCUT2D eigenvalue weighted by atomic mass is 10.3. The highest BCUT2D eigenvalue weighted by Gasteiger charge is 2.27. The van der Waals surface area contributed by atoms with Crippen LogP contribution in [0, 0.1) is 0 Å². The van der Waals surface area contributed by atoms with Gasteiger partial charge in [-0.05, 0) is 12.1 Å². The van der Waals surface area contributed by atoms with E-state index in [1.165, 1.54) is 10.6 Å². The van der Waals surface area contributed by atoms with Gasteiger partial charge in [0, 0.05) is 26.2 Å². The topological polar surface area (TPSA) is 70.6 Å². The quantitative estimate of drug-likeness (QED) is 0.744. The van der Waals surface area contributed by atoms with E-state index >= 15 is 0 Å². The molecule has 2 heterocycles. The van der Waals surface area contributed by atoms with Crippen LogP contribution in [0.25, 0.3) is 0 Å². The average molecular weight is 304 g/mol. The molecule has 6 nitrogen and oxygen atoms in total. The largest absolute Gasteiger partial charge is 0.335 e. The predicted molar refractivity (Wildman–Crippen MR) is 71.6 cm³/mol. The number of pyridine rings is 1. The summed E-state index contributed by atoms with van der Waals surface area (Å²) in [5.74, 6) is -0.226. The Labute approximate surface area is 117 Å². The molecule has 0 aliphatic carbocycles. The van der Waals surface area contributed by atoms with Crippen LogP contribution in [0.3, 0.4) is 0 Å². The first kappa shape index (κ1) is 14.2.